The van der Waals surface area contributed by atoms with Gasteiger partial charge in [0, 0.05) is 4.47 Å². The molecule has 29 heavy (non-hydrogen) atoms. The first-order chi connectivity index (χ1) is 14.0. The van der Waals surface area contributed by atoms with Gasteiger partial charge in [-0.2, -0.15) is 0 Å². The predicted molar refractivity (Wildman–Crippen MR) is 116 cm³/mol. The second kappa shape index (κ2) is 9.40. The summed E-state index contributed by atoms with van der Waals surface area (Å²) < 4.78 is 11.7. The van der Waals surface area contributed by atoms with Gasteiger partial charge in [-0.15, -0.1) is 0 Å². The van der Waals surface area contributed by atoms with Gasteiger partial charge in [-0.3, -0.25) is 4.79 Å². The molecule has 2 aromatic rings. The summed E-state index contributed by atoms with van der Waals surface area (Å²) in [6, 6.07) is 17.5. The van der Waals surface area contributed by atoms with Gasteiger partial charge in [0.15, 0.2) is 0 Å². The van der Waals surface area contributed by atoms with Crippen LogP contribution in [0.1, 0.15) is 44.2 Å². The van der Waals surface area contributed by atoms with E-state index in [1.54, 1.807) is 13.0 Å². The summed E-state index contributed by atoms with van der Waals surface area (Å²) in [6.07, 6.45) is 3.10. The van der Waals surface area contributed by atoms with Crippen LogP contribution >= 0.6 is 15.9 Å². The molecule has 0 N–H and O–H groups in total. The third-order valence-corrected chi connectivity index (χ3v) is 5.74. The van der Waals surface area contributed by atoms with Crippen molar-refractivity contribution in [2.24, 2.45) is 0 Å². The molecule has 0 saturated heterocycles. The summed E-state index contributed by atoms with van der Waals surface area (Å²) >= 11 is 3.47. The Hall–Kier alpha value is -2.40. The Morgan fingerprint density at radius 2 is 1.79 bits per heavy atom. The molecule has 5 heteroatoms. The molecule has 0 fully saturated rings. The minimum atomic E-state index is -1.04. The van der Waals surface area contributed by atoms with Crippen molar-refractivity contribution in [3.05, 3.63) is 76.3 Å². The van der Waals surface area contributed by atoms with E-state index in [2.05, 4.69) is 22.9 Å². The van der Waals surface area contributed by atoms with Crippen molar-refractivity contribution < 1.29 is 19.1 Å². The first-order valence-electron chi connectivity index (χ1n) is 9.94. The Bertz CT molecular complexity index is 889. The van der Waals surface area contributed by atoms with Gasteiger partial charge in [0.2, 0.25) is 6.10 Å². The highest BCUT2D eigenvalue weighted by molar-refractivity contribution is 9.10. The highest BCUT2D eigenvalue weighted by Gasteiger charge is 2.50. The normalized spacial score (nSPS) is 21.3. The van der Waals surface area contributed by atoms with Crippen LogP contribution in [-0.2, 0) is 24.5 Å². The number of halogens is 1. The number of carbonyl (C=O) groups is 2. The van der Waals surface area contributed by atoms with Crippen LogP contribution in [0.15, 0.2) is 65.1 Å². The van der Waals surface area contributed by atoms with Crippen molar-refractivity contribution in [2.45, 2.75) is 44.6 Å². The van der Waals surface area contributed by atoms with E-state index in [-0.39, 0.29) is 6.61 Å². The van der Waals surface area contributed by atoms with Gasteiger partial charge in [0.05, 0.1) is 6.61 Å². The summed E-state index contributed by atoms with van der Waals surface area (Å²) in [5.74, 6) is -0.955. The zero-order chi connectivity index (χ0) is 20.9. The van der Waals surface area contributed by atoms with Crippen molar-refractivity contribution in [2.75, 3.05) is 6.61 Å². The van der Waals surface area contributed by atoms with Crippen LogP contribution in [-0.4, -0.2) is 24.6 Å². The molecule has 1 aliphatic heterocycles. The summed E-state index contributed by atoms with van der Waals surface area (Å²) in [6.45, 7) is 4.06. The maximum Gasteiger partial charge on any atom is 0.351 e. The van der Waals surface area contributed by atoms with E-state index in [0.29, 0.717) is 6.42 Å². The number of carbonyl (C=O) groups excluding carboxylic acids is 2. The van der Waals surface area contributed by atoms with Gasteiger partial charge >= 0.3 is 11.9 Å². The number of rotatable bonds is 7. The number of ether oxygens (including phenoxy) is 2. The smallest absolute Gasteiger partial charge is 0.351 e. The topological polar surface area (TPSA) is 52.6 Å². The van der Waals surface area contributed by atoms with Crippen molar-refractivity contribution in [1.29, 1.82) is 0 Å². The molecular weight excluding hydrogens is 432 g/mol. The SMILES string of the molecule is CCCC[C@@]1(c2ccccc2)C(=O)O[C@H](C(=O)OCC)C=C1c1ccc(Br)cc1. The summed E-state index contributed by atoms with van der Waals surface area (Å²) in [7, 11) is 0. The lowest BCUT2D eigenvalue weighted by molar-refractivity contribution is -0.168. The molecule has 0 bridgehead atoms. The standard InChI is InChI=1S/C24H25BrO4/c1-3-5-15-24(18-9-7-6-8-10-18)20(17-11-13-19(25)14-12-17)16-21(29-23(24)27)22(26)28-4-2/h6-14,16,21H,3-5,15H2,1-2H3/t21-,24-/m0/s1. The fourth-order valence-electron chi connectivity index (χ4n) is 3.79. The second-order valence-electron chi connectivity index (χ2n) is 7.04. The Morgan fingerprint density at radius 1 is 1.10 bits per heavy atom. The molecule has 0 spiro atoms. The fraction of sp³-hybridized carbons (Fsp3) is 0.333. The molecule has 3 rings (SSSR count). The zero-order valence-corrected chi connectivity index (χ0v) is 18.3. The minimum Gasteiger partial charge on any atom is -0.463 e. The molecule has 2 aromatic carbocycles. The van der Waals surface area contributed by atoms with Crippen molar-refractivity contribution in [3.8, 4) is 0 Å². The van der Waals surface area contributed by atoms with Crippen molar-refractivity contribution >= 4 is 33.4 Å². The average Bonchev–Trinajstić information content (AvgIpc) is 2.74. The third-order valence-electron chi connectivity index (χ3n) is 5.21. The first kappa shape index (κ1) is 21.3. The van der Waals surface area contributed by atoms with Gasteiger partial charge in [-0.25, -0.2) is 4.79 Å². The van der Waals surface area contributed by atoms with Crippen LogP contribution < -0.4 is 0 Å². The molecule has 1 aliphatic rings. The minimum absolute atomic E-state index is 0.230. The van der Waals surface area contributed by atoms with Crippen LogP contribution in [0.5, 0.6) is 0 Å². The molecule has 4 nitrogen and oxygen atoms in total. The maximum atomic E-state index is 13.5. The molecule has 0 aliphatic carbocycles. The highest BCUT2D eigenvalue weighted by atomic mass is 79.9. The fourth-order valence-corrected chi connectivity index (χ4v) is 4.05. The zero-order valence-electron chi connectivity index (χ0n) is 16.7. The number of benzene rings is 2. The molecule has 0 saturated carbocycles. The summed E-state index contributed by atoms with van der Waals surface area (Å²) in [5.41, 5.74) is 1.58. The maximum absolute atomic E-state index is 13.5. The van der Waals surface area contributed by atoms with Gasteiger partial charge in [0.25, 0.3) is 0 Å². The van der Waals surface area contributed by atoms with E-state index >= 15 is 0 Å². The van der Waals surface area contributed by atoms with Crippen LogP contribution in [0.4, 0.5) is 0 Å². The molecule has 0 radical (unpaired) electrons. The predicted octanol–water partition coefficient (Wildman–Crippen LogP) is 5.45. The molecule has 2 atom stereocenters. The highest BCUT2D eigenvalue weighted by Crippen LogP contribution is 2.47. The lowest BCUT2D eigenvalue weighted by Gasteiger charge is -2.39. The Balaban J connectivity index is 2.22. The monoisotopic (exact) mass is 456 g/mol. The molecular formula is C24H25BrO4. The number of hydrogen-bond acceptors (Lipinski definition) is 4. The van der Waals surface area contributed by atoms with Gasteiger partial charge < -0.3 is 9.47 Å². The van der Waals surface area contributed by atoms with Gasteiger partial charge in [0.1, 0.15) is 5.41 Å². The number of esters is 2. The van der Waals surface area contributed by atoms with Gasteiger partial charge in [-0.05, 0) is 48.3 Å². The van der Waals surface area contributed by atoms with Crippen molar-refractivity contribution in [3.63, 3.8) is 0 Å². The van der Waals surface area contributed by atoms with E-state index in [4.69, 9.17) is 9.47 Å². The first-order valence-corrected chi connectivity index (χ1v) is 10.7. The Kier molecular flexibility index (Phi) is 6.91. The average molecular weight is 457 g/mol. The van der Waals surface area contributed by atoms with Crippen molar-refractivity contribution in [1.82, 2.24) is 0 Å². The summed E-state index contributed by atoms with van der Waals surface area (Å²) in [4.78, 5) is 25.9. The Labute approximate surface area is 180 Å². The third kappa shape index (κ3) is 4.30. The molecule has 152 valence electrons. The second-order valence-corrected chi connectivity index (χ2v) is 7.96. The van der Waals surface area contributed by atoms with E-state index in [1.807, 2.05) is 54.6 Å². The lowest BCUT2D eigenvalue weighted by Crippen LogP contribution is -2.46. The number of hydrogen-bond donors (Lipinski definition) is 0. The molecule has 0 unspecified atom stereocenters. The molecule has 1 heterocycles. The number of unbranched alkanes of at least 4 members (excludes halogenated alkanes) is 1. The van der Waals surface area contributed by atoms with Crippen LogP contribution in [0, 0.1) is 0 Å². The van der Waals surface area contributed by atoms with E-state index in [1.165, 1.54) is 0 Å². The van der Waals surface area contributed by atoms with E-state index < -0.39 is 23.5 Å². The lowest BCUT2D eigenvalue weighted by atomic mass is 9.67. The van der Waals surface area contributed by atoms with Gasteiger partial charge in [-0.1, -0.05) is 78.2 Å². The molecule has 0 aromatic heterocycles. The summed E-state index contributed by atoms with van der Waals surface area (Å²) in [5, 5.41) is 0. The Morgan fingerprint density at radius 3 is 2.41 bits per heavy atom. The van der Waals surface area contributed by atoms with Crippen LogP contribution in [0.3, 0.4) is 0 Å². The largest absolute Gasteiger partial charge is 0.463 e. The number of cyclic esters (lactones) is 1. The van der Waals surface area contributed by atoms with Crippen LogP contribution in [0.2, 0.25) is 0 Å². The van der Waals surface area contributed by atoms with Crippen LogP contribution in [0.25, 0.3) is 5.57 Å². The molecule has 0 amide bonds. The quantitative estimate of drug-likeness (QED) is 0.519. The van der Waals surface area contributed by atoms with E-state index in [9.17, 15) is 9.59 Å². The van der Waals surface area contributed by atoms with E-state index in [0.717, 1.165) is 34.0 Å².